The second kappa shape index (κ2) is 4.11. The molecule has 1 aromatic rings. The van der Waals surface area contributed by atoms with Crippen LogP contribution in [0.25, 0.3) is 0 Å². The van der Waals surface area contributed by atoms with Crippen molar-refractivity contribution < 1.29 is 17.9 Å². The van der Waals surface area contributed by atoms with Crippen LogP contribution in [0.5, 0.6) is 5.88 Å². The topological polar surface area (TPSA) is 22.1 Å². The molecule has 0 unspecified atom stereocenters. The summed E-state index contributed by atoms with van der Waals surface area (Å²) >= 11 is 0. The maximum Gasteiger partial charge on any atom is 0.265 e. The summed E-state index contributed by atoms with van der Waals surface area (Å²) in [5, 5.41) is 0. The fraction of sp³-hybridized carbons (Fsp3) is 0.375. The zero-order valence-electron chi connectivity index (χ0n) is 6.93. The first-order chi connectivity index (χ1) is 6.19. The zero-order valence-corrected chi connectivity index (χ0v) is 6.93. The minimum Gasteiger partial charge on any atom is -0.481 e. The van der Waals surface area contributed by atoms with E-state index < -0.39 is 13.1 Å². The average molecular weight is 191 g/mol. The van der Waals surface area contributed by atoms with Gasteiger partial charge in [0.15, 0.2) is 0 Å². The van der Waals surface area contributed by atoms with Crippen LogP contribution >= 0.6 is 0 Å². The van der Waals surface area contributed by atoms with Crippen molar-refractivity contribution in [2.45, 2.75) is 13.1 Å². The first-order valence-corrected chi connectivity index (χ1v) is 3.56. The van der Waals surface area contributed by atoms with Crippen LogP contribution in [-0.4, -0.2) is 12.1 Å². The fourth-order valence-electron chi connectivity index (χ4n) is 0.910. The maximum atomic E-state index is 12.2. The molecule has 0 radical (unpaired) electrons. The lowest BCUT2D eigenvalue weighted by molar-refractivity contribution is 0.148. The van der Waals surface area contributed by atoms with Crippen LogP contribution in [0.2, 0.25) is 0 Å². The highest BCUT2D eigenvalue weighted by atomic mass is 19.3. The number of aromatic nitrogens is 1. The number of hydrogen-bond acceptors (Lipinski definition) is 2. The van der Waals surface area contributed by atoms with Gasteiger partial charge in [-0.15, -0.1) is 0 Å². The maximum absolute atomic E-state index is 12.2. The van der Waals surface area contributed by atoms with E-state index in [9.17, 15) is 13.2 Å². The van der Waals surface area contributed by atoms with E-state index in [1.54, 1.807) is 0 Å². The number of halogens is 3. The standard InChI is InChI=1S/C8H8F3NO/c1-13-7-2-5(3-9)6(4-12-7)8(10)11/h2,4,8H,3H2,1H3. The van der Waals surface area contributed by atoms with Gasteiger partial charge >= 0.3 is 0 Å². The lowest BCUT2D eigenvalue weighted by Gasteiger charge is -2.06. The molecule has 0 N–H and O–H groups in total. The van der Waals surface area contributed by atoms with Gasteiger partial charge in [0.1, 0.15) is 6.67 Å². The smallest absolute Gasteiger partial charge is 0.265 e. The summed E-state index contributed by atoms with van der Waals surface area (Å²) in [5.74, 6) is 0.136. The Kier molecular flexibility index (Phi) is 3.11. The van der Waals surface area contributed by atoms with Crippen LogP contribution in [0.4, 0.5) is 13.2 Å². The molecule has 1 aromatic heterocycles. The molecule has 0 aromatic carbocycles. The van der Waals surface area contributed by atoms with E-state index in [0.29, 0.717) is 0 Å². The van der Waals surface area contributed by atoms with Crippen molar-refractivity contribution in [3.63, 3.8) is 0 Å². The minimum atomic E-state index is -2.70. The Morgan fingerprint density at radius 2 is 2.23 bits per heavy atom. The summed E-state index contributed by atoms with van der Waals surface area (Å²) in [7, 11) is 1.34. The van der Waals surface area contributed by atoms with E-state index in [1.807, 2.05) is 0 Å². The van der Waals surface area contributed by atoms with Gasteiger partial charge in [0.25, 0.3) is 6.43 Å². The average Bonchev–Trinajstić information content (AvgIpc) is 2.16. The number of ether oxygens (including phenoxy) is 1. The van der Waals surface area contributed by atoms with Gasteiger partial charge in [0, 0.05) is 17.8 Å². The van der Waals surface area contributed by atoms with Gasteiger partial charge in [0.05, 0.1) is 7.11 Å². The van der Waals surface area contributed by atoms with E-state index in [2.05, 4.69) is 9.72 Å². The normalized spacial score (nSPS) is 10.5. The number of nitrogens with zero attached hydrogens (tertiary/aromatic N) is 1. The van der Waals surface area contributed by atoms with E-state index in [0.717, 1.165) is 6.20 Å². The summed E-state index contributed by atoms with van der Waals surface area (Å²) in [5.41, 5.74) is -0.467. The number of pyridine rings is 1. The fourth-order valence-corrected chi connectivity index (χ4v) is 0.910. The second-order valence-corrected chi connectivity index (χ2v) is 2.36. The molecule has 5 heteroatoms. The van der Waals surface area contributed by atoms with Gasteiger partial charge in [0.2, 0.25) is 5.88 Å². The molecule has 0 aliphatic rings. The molecule has 0 saturated heterocycles. The van der Waals surface area contributed by atoms with Crippen LogP contribution in [0.15, 0.2) is 12.3 Å². The van der Waals surface area contributed by atoms with E-state index in [1.165, 1.54) is 13.2 Å². The highest BCUT2D eigenvalue weighted by Crippen LogP contribution is 2.25. The molecule has 72 valence electrons. The van der Waals surface area contributed by atoms with Crippen molar-refractivity contribution in [1.82, 2.24) is 4.98 Å². The highest BCUT2D eigenvalue weighted by molar-refractivity contribution is 5.29. The SMILES string of the molecule is COc1cc(CF)c(C(F)F)cn1. The van der Waals surface area contributed by atoms with Crippen LogP contribution in [0.3, 0.4) is 0 Å². The van der Waals surface area contributed by atoms with Crippen molar-refractivity contribution in [3.05, 3.63) is 23.4 Å². The predicted molar refractivity (Wildman–Crippen MR) is 40.6 cm³/mol. The van der Waals surface area contributed by atoms with Crippen molar-refractivity contribution in [2.75, 3.05) is 7.11 Å². The minimum absolute atomic E-state index is 0.0816. The summed E-state index contributed by atoms with van der Waals surface area (Å²) in [6, 6.07) is 1.17. The lowest BCUT2D eigenvalue weighted by atomic mass is 10.1. The molecule has 0 amide bonds. The highest BCUT2D eigenvalue weighted by Gasteiger charge is 2.14. The van der Waals surface area contributed by atoms with Crippen LogP contribution in [0, 0.1) is 0 Å². The quantitative estimate of drug-likeness (QED) is 0.732. The summed E-state index contributed by atoms with van der Waals surface area (Å²) in [4.78, 5) is 3.56. The van der Waals surface area contributed by atoms with E-state index in [-0.39, 0.29) is 17.0 Å². The van der Waals surface area contributed by atoms with Gasteiger partial charge in [-0.25, -0.2) is 18.2 Å². The molecule has 0 spiro atoms. The first kappa shape index (κ1) is 9.83. The summed E-state index contributed by atoms with van der Waals surface area (Å²) in [6.45, 7) is -0.946. The zero-order chi connectivity index (χ0) is 9.84. The number of methoxy groups -OCH3 is 1. The molecule has 0 aliphatic heterocycles. The molecule has 0 bridgehead atoms. The van der Waals surface area contributed by atoms with Gasteiger partial charge in [-0.05, 0) is 5.56 Å². The van der Waals surface area contributed by atoms with Gasteiger partial charge in [-0.1, -0.05) is 0 Å². The number of alkyl halides is 3. The van der Waals surface area contributed by atoms with Crippen molar-refractivity contribution >= 4 is 0 Å². The molecule has 1 rings (SSSR count). The Hall–Kier alpha value is -1.26. The summed E-state index contributed by atoms with van der Waals surface area (Å²) in [6.07, 6.45) is -1.78. The monoisotopic (exact) mass is 191 g/mol. The molecule has 0 fully saturated rings. The molecule has 13 heavy (non-hydrogen) atoms. The third-order valence-corrected chi connectivity index (χ3v) is 1.59. The summed E-state index contributed by atoms with van der Waals surface area (Å²) < 4.78 is 41.3. The molecular weight excluding hydrogens is 183 g/mol. The third kappa shape index (κ3) is 2.11. The Morgan fingerprint density at radius 1 is 1.54 bits per heavy atom. The second-order valence-electron chi connectivity index (χ2n) is 2.36. The van der Waals surface area contributed by atoms with Crippen molar-refractivity contribution in [1.29, 1.82) is 0 Å². The van der Waals surface area contributed by atoms with E-state index >= 15 is 0 Å². The van der Waals surface area contributed by atoms with Crippen molar-refractivity contribution in [2.24, 2.45) is 0 Å². The lowest BCUT2D eigenvalue weighted by Crippen LogP contribution is -1.96. The molecular formula is C8H8F3NO. The molecule has 1 heterocycles. The predicted octanol–water partition coefficient (Wildman–Crippen LogP) is 2.50. The Bertz CT molecular complexity index is 291. The van der Waals surface area contributed by atoms with Crippen LogP contribution in [0.1, 0.15) is 17.6 Å². The van der Waals surface area contributed by atoms with Gasteiger partial charge in [-0.2, -0.15) is 0 Å². The van der Waals surface area contributed by atoms with Crippen LogP contribution in [-0.2, 0) is 6.67 Å². The van der Waals surface area contributed by atoms with E-state index in [4.69, 9.17) is 0 Å². The van der Waals surface area contributed by atoms with Crippen LogP contribution < -0.4 is 4.74 Å². The molecule has 0 atom stereocenters. The van der Waals surface area contributed by atoms with Crippen molar-refractivity contribution in [3.8, 4) is 5.88 Å². The van der Waals surface area contributed by atoms with Gasteiger partial charge < -0.3 is 4.74 Å². The Balaban J connectivity index is 3.08. The Morgan fingerprint density at radius 3 is 2.69 bits per heavy atom. The number of hydrogen-bond donors (Lipinski definition) is 0. The first-order valence-electron chi connectivity index (χ1n) is 3.56. The molecule has 2 nitrogen and oxygen atoms in total. The van der Waals surface area contributed by atoms with Gasteiger partial charge in [-0.3, -0.25) is 0 Å². The number of rotatable bonds is 3. The molecule has 0 saturated carbocycles. The third-order valence-electron chi connectivity index (χ3n) is 1.59. The largest absolute Gasteiger partial charge is 0.481 e. The Labute approximate surface area is 73.4 Å². The molecule has 0 aliphatic carbocycles.